The van der Waals surface area contributed by atoms with E-state index in [2.05, 4.69) is 30.3 Å². The van der Waals surface area contributed by atoms with Crippen molar-refractivity contribution in [1.82, 2.24) is 30.1 Å². The van der Waals surface area contributed by atoms with Crippen LogP contribution in [0.1, 0.15) is 30.3 Å². The molecule has 0 N–H and O–H groups in total. The van der Waals surface area contributed by atoms with Crippen molar-refractivity contribution in [2.24, 2.45) is 5.92 Å². The Morgan fingerprint density at radius 3 is 2.68 bits per heavy atom. The van der Waals surface area contributed by atoms with Crippen molar-refractivity contribution in [3.63, 3.8) is 0 Å². The summed E-state index contributed by atoms with van der Waals surface area (Å²) in [5, 5.41) is 17.1. The summed E-state index contributed by atoms with van der Waals surface area (Å²) in [6, 6.07) is 5.92. The second-order valence-electron chi connectivity index (χ2n) is 6.54. The number of aromatic nitrogens is 6. The Bertz CT molecular complexity index is 839. The van der Waals surface area contributed by atoms with Crippen LogP contribution < -0.4 is 4.90 Å². The lowest BCUT2D eigenvalue weighted by Gasteiger charge is -2.32. The van der Waals surface area contributed by atoms with E-state index in [9.17, 15) is 0 Å². The van der Waals surface area contributed by atoms with E-state index < -0.39 is 0 Å². The lowest BCUT2D eigenvalue weighted by Crippen LogP contribution is -2.37. The molecular weight excluding hydrogens is 318 g/mol. The fraction of sp³-hybridized carbons (Fsp3) is 0.471. The molecule has 0 amide bonds. The van der Waals surface area contributed by atoms with Gasteiger partial charge >= 0.3 is 0 Å². The molecule has 0 saturated carbocycles. The SMILES string of the molecule is Cc1ccn(-c2ccc(N3CCC[C@@H](Cc4noc(C)n4)C3)nn2)n1. The first-order valence-corrected chi connectivity index (χ1v) is 8.58. The van der Waals surface area contributed by atoms with E-state index >= 15 is 0 Å². The molecule has 8 heteroatoms. The predicted molar refractivity (Wildman–Crippen MR) is 91.6 cm³/mol. The van der Waals surface area contributed by atoms with Crippen LogP contribution in [0, 0.1) is 19.8 Å². The maximum absolute atomic E-state index is 5.07. The third-order valence-corrected chi connectivity index (χ3v) is 4.48. The fourth-order valence-electron chi connectivity index (χ4n) is 3.27. The molecule has 0 unspecified atom stereocenters. The number of aryl methyl sites for hydroxylation is 2. The first-order chi connectivity index (χ1) is 12.2. The Hall–Kier alpha value is -2.77. The summed E-state index contributed by atoms with van der Waals surface area (Å²) >= 11 is 0. The zero-order valence-corrected chi connectivity index (χ0v) is 14.5. The quantitative estimate of drug-likeness (QED) is 0.719. The average Bonchev–Trinajstić information content (AvgIpc) is 3.24. The molecule has 1 fully saturated rings. The van der Waals surface area contributed by atoms with E-state index in [1.54, 1.807) is 4.68 Å². The van der Waals surface area contributed by atoms with Gasteiger partial charge in [-0.2, -0.15) is 10.1 Å². The topological polar surface area (TPSA) is 85.8 Å². The molecular formula is C17H21N7O. The second kappa shape index (κ2) is 6.62. The van der Waals surface area contributed by atoms with Gasteiger partial charge in [0, 0.05) is 32.6 Å². The van der Waals surface area contributed by atoms with E-state index in [1.165, 1.54) is 6.42 Å². The smallest absolute Gasteiger partial charge is 0.223 e. The van der Waals surface area contributed by atoms with Gasteiger partial charge in [0.2, 0.25) is 5.89 Å². The normalized spacial score (nSPS) is 17.8. The van der Waals surface area contributed by atoms with Gasteiger partial charge in [0.15, 0.2) is 17.5 Å². The average molecular weight is 339 g/mol. The van der Waals surface area contributed by atoms with Gasteiger partial charge in [0.25, 0.3) is 0 Å². The highest BCUT2D eigenvalue weighted by atomic mass is 16.5. The van der Waals surface area contributed by atoms with Gasteiger partial charge in [-0.25, -0.2) is 4.68 Å². The minimum Gasteiger partial charge on any atom is -0.355 e. The van der Waals surface area contributed by atoms with Crippen molar-refractivity contribution in [3.8, 4) is 5.82 Å². The molecule has 1 atom stereocenters. The van der Waals surface area contributed by atoms with Crippen molar-refractivity contribution >= 4 is 5.82 Å². The number of nitrogens with zero attached hydrogens (tertiary/aromatic N) is 7. The van der Waals surface area contributed by atoms with Gasteiger partial charge in [-0.3, -0.25) is 0 Å². The number of rotatable bonds is 4. The van der Waals surface area contributed by atoms with Crippen molar-refractivity contribution in [2.45, 2.75) is 33.1 Å². The van der Waals surface area contributed by atoms with E-state index in [4.69, 9.17) is 4.52 Å². The van der Waals surface area contributed by atoms with Gasteiger partial charge in [-0.1, -0.05) is 5.16 Å². The zero-order valence-electron chi connectivity index (χ0n) is 14.5. The van der Waals surface area contributed by atoms with Crippen molar-refractivity contribution < 1.29 is 4.52 Å². The summed E-state index contributed by atoms with van der Waals surface area (Å²) in [5.74, 6) is 3.55. The lowest BCUT2D eigenvalue weighted by atomic mass is 9.94. The highest BCUT2D eigenvalue weighted by Crippen LogP contribution is 2.23. The number of piperidine rings is 1. The predicted octanol–water partition coefficient (Wildman–Crippen LogP) is 2.12. The Morgan fingerprint density at radius 1 is 1.16 bits per heavy atom. The molecule has 4 rings (SSSR count). The molecule has 1 aliphatic rings. The van der Waals surface area contributed by atoms with Crippen LogP contribution in [-0.4, -0.2) is 43.2 Å². The Morgan fingerprint density at radius 2 is 2.00 bits per heavy atom. The largest absolute Gasteiger partial charge is 0.355 e. The molecule has 0 aliphatic carbocycles. The monoisotopic (exact) mass is 339 g/mol. The minimum atomic E-state index is 0.501. The van der Waals surface area contributed by atoms with E-state index in [-0.39, 0.29) is 0 Å². The maximum Gasteiger partial charge on any atom is 0.223 e. The molecule has 4 heterocycles. The maximum atomic E-state index is 5.07. The molecule has 0 spiro atoms. The van der Waals surface area contributed by atoms with Gasteiger partial charge in [0.1, 0.15) is 0 Å². The van der Waals surface area contributed by atoms with Gasteiger partial charge in [-0.15, -0.1) is 10.2 Å². The molecule has 1 saturated heterocycles. The van der Waals surface area contributed by atoms with Crippen LogP contribution in [0.15, 0.2) is 28.9 Å². The Labute approximate surface area is 145 Å². The van der Waals surface area contributed by atoms with Crippen molar-refractivity contribution in [3.05, 3.63) is 41.8 Å². The van der Waals surface area contributed by atoms with Gasteiger partial charge < -0.3 is 9.42 Å². The summed E-state index contributed by atoms with van der Waals surface area (Å²) in [6.07, 6.45) is 5.03. The van der Waals surface area contributed by atoms with Crippen molar-refractivity contribution in [2.75, 3.05) is 18.0 Å². The highest BCUT2D eigenvalue weighted by molar-refractivity contribution is 5.40. The van der Waals surface area contributed by atoms with Crippen LogP contribution in [0.3, 0.4) is 0 Å². The van der Waals surface area contributed by atoms with Crippen LogP contribution >= 0.6 is 0 Å². The van der Waals surface area contributed by atoms with E-state index in [1.807, 2.05) is 38.2 Å². The molecule has 0 aromatic carbocycles. The third-order valence-electron chi connectivity index (χ3n) is 4.48. The number of hydrogen-bond donors (Lipinski definition) is 0. The first-order valence-electron chi connectivity index (χ1n) is 8.58. The highest BCUT2D eigenvalue weighted by Gasteiger charge is 2.23. The second-order valence-corrected chi connectivity index (χ2v) is 6.54. The van der Waals surface area contributed by atoms with Crippen LogP contribution in [0.25, 0.3) is 5.82 Å². The Balaban J connectivity index is 1.44. The molecule has 130 valence electrons. The molecule has 0 bridgehead atoms. The van der Waals surface area contributed by atoms with Crippen molar-refractivity contribution in [1.29, 1.82) is 0 Å². The number of hydrogen-bond acceptors (Lipinski definition) is 7. The van der Waals surface area contributed by atoms with Crippen LogP contribution in [0.2, 0.25) is 0 Å². The molecule has 25 heavy (non-hydrogen) atoms. The van der Waals surface area contributed by atoms with Crippen LogP contribution in [0.4, 0.5) is 5.82 Å². The zero-order chi connectivity index (χ0) is 17.2. The molecule has 3 aromatic heterocycles. The fourth-order valence-corrected chi connectivity index (χ4v) is 3.27. The third kappa shape index (κ3) is 3.52. The lowest BCUT2D eigenvalue weighted by molar-refractivity contribution is 0.369. The Kier molecular flexibility index (Phi) is 4.17. The van der Waals surface area contributed by atoms with Crippen LogP contribution in [-0.2, 0) is 6.42 Å². The van der Waals surface area contributed by atoms with Gasteiger partial charge in [-0.05, 0) is 43.9 Å². The standard InChI is InChI=1S/C17H21N7O/c1-12-7-9-24(21-12)17-6-5-16(19-20-17)23-8-3-4-14(11-23)10-15-18-13(2)25-22-15/h5-7,9,14H,3-4,8,10-11H2,1-2H3/t14-/m0/s1. The summed E-state index contributed by atoms with van der Waals surface area (Å²) in [7, 11) is 0. The van der Waals surface area contributed by atoms with Crippen LogP contribution in [0.5, 0.6) is 0 Å². The summed E-state index contributed by atoms with van der Waals surface area (Å²) in [4.78, 5) is 6.60. The van der Waals surface area contributed by atoms with E-state index in [0.717, 1.165) is 49.1 Å². The molecule has 3 aromatic rings. The molecule has 0 radical (unpaired) electrons. The summed E-state index contributed by atoms with van der Waals surface area (Å²) < 4.78 is 6.81. The molecule has 1 aliphatic heterocycles. The summed E-state index contributed by atoms with van der Waals surface area (Å²) in [5.41, 5.74) is 0.960. The van der Waals surface area contributed by atoms with E-state index in [0.29, 0.717) is 11.8 Å². The molecule has 8 nitrogen and oxygen atoms in total. The number of anilines is 1. The van der Waals surface area contributed by atoms with Gasteiger partial charge in [0.05, 0.1) is 5.69 Å². The first kappa shape index (κ1) is 15.7. The minimum absolute atomic E-state index is 0.501. The summed E-state index contributed by atoms with van der Waals surface area (Å²) in [6.45, 7) is 5.71.